The summed E-state index contributed by atoms with van der Waals surface area (Å²) in [5, 5.41) is 0. The van der Waals surface area contributed by atoms with Gasteiger partial charge in [-0.05, 0) is 25.7 Å². The second kappa shape index (κ2) is 9.18. The van der Waals surface area contributed by atoms with Crippen LogP contribution >= 0.6 is 0 Å². The molecule has 2 unspecified atom stereocenters. The first-order valence-electron chi connectivity index (χ1n) is 10.7. The molecule has 3 heterocycles. The zero-order valence-electron chi connectivity index (χ0n) is 16.4. The summed E-state index contributed by atoms with van der Waals surface area (Å²) < 4.78 is 23.6. The lowest BCUT2D eigenvalue weighted by atomic mass is 10.00. The number of carbonyl (C=O) groups is 1. The zero-order valence-corrected chi connectivity index (χ0v) is 16.4. The van der Waals surface area contributed by atoms with E-state index in [0.29, 0.717) is 26.3 Å². The standard InChI is InChI=1S/C20H34N2O5/c23-19(14-26-17-3-1-2-4-17)22-9-12-25-16-20(15-22)6-5-18(27-20)13-21-7-10-24-11-8-21/h17-18H,1-16H2. The fourth-order valence-corrected chi connectivity index (χ4v) is 4.77. The first-order chi connectivity index (χ1) is 13.2. The maximum Gasteiger partial charge on any atom is 0.248 e. The van der Waals surface area contributed by atoms with Gasteiger partial charge in [-0.15, -0.1) is 0 Å². The van der Waals surface area contributed by atoms with Crippen molar-refractivity contribution in [2.75, 3.05) is 65.8 Å². The van der Waals surface area contributed by atoms with Crippen LogP contribution in [0.2, 0.25) is 0 Å². The van der Waals surface area contributed by atoms with E-state index < -0.39 is 0 Å². The summed E-state index contributed by atoms with van der Waals surface area (Å²) in [6.07, 6.45) is 7.09. The second-order valence-corrected chi connectivity index (χ2v) is 8.46. The summed E-state index contributed by atoms with van der Waals surface area (Å²) in [5.41, 5.74) is -0.351. The van der Waals surface area contributed by atoms with Crippen LogP contribution in [0.3, 0.4) is 0 Å². The van der Waals surface area contributed by atoms with Crippen molar-refractivity contribution in [3.05, 3.63) is 0 Å². The molecule has 3 saturated heterocycles. The molecule has 0 aromatic heterocycles. The summed E-state index contributed by atoms with van der Waals surface area (Å²) in [6, 6.07) is 0. The quantitative estimate of drug-likeness (QED) is 0.709. The normalized spacial score (nSPS) is 33.6. The number of amides is 1. The predicted octanol–water partition coefficient (Wildman–Crippen LogP) is 1.05. The smallest absolute Gasteiger partial charge is 0.248 e. The van der Waals surface area contributed by atoms with E-state index in [0.717, 1.165) is 58.5 Å². The Bertz CT molecular complexity index is 493. The molecule has 1 spiro atoms. The summed E-state index contributed by atoms with van der Waals surface area (Å²) >= 11 is 0. The molecule has 1 amide bonds. The van der Waals surface area contributed by atoms with E-state index in [-0.39, 0.29) is 30.3 Å². The predicted molar refractivity (Wildman–Crippen MR) is 99.7 cm³/mol. The van der Waals surface area contributed by atoms with Gasteiger partial charge < -0.3 is 23.8 Å². The van der Waals surface area contributed by atoms with Crippen molar-refractivity contribution in [2.45, 2.75) is 56.3 Å². The minimum absolute atomic E-state index is 0.0759. The van der Waals surface area contributed by atoms with Crippen molar-refractivity contribution in [1.82, 2.24) is 9.80 Å². The van der Waals surface area contributed by atoms with Gasteiger partial charge in [0.15, 0.2) is 0 Å². The van der Waals surface area contributed by atoms with Gasteiger partial charge in [0.25, 0.3) is 0 Å². The first kappa shape index (κ1) is 19.6. The van der Waals surface area contributed by atoms with E-state index in [2.05, 4.69) is 4.90 Å². The molecule has 3 aliphatic heterocycles. The summed E-state index contributed by atoms with van der Waals surface area (Å²) in [6.45, 7) is 7.13. The van der Waals surface area contributed by atoms with Crippen molar-refractivity contribution in [2.24, 2.45) is 0 Å². The molecule has 27 heavy (non-hydrogen) atoms. The highest BCUT2D eigenvalue weighted by molar-refractivity contribution is 5.77. The van der Waals surface area contributed by atoms with Gasteiger partial charge in [-0.25, -0.2) is 0 Å². The number of carbonyl (C=O) groups excluding carboxylic acids is 1. The SMILES string of the molecule is O=C(COC1CCCC1)N1CCOCC2(CCC(CN3CCOCC3)O2)C1. The minimum atomic E-state index is -0.351. The number of nitrogens with zero attached hydrogens (tertiary/aromatic N) is 2. The molecule has 0 aromatic carbocycles. The van der Waals surface area contributed by atoms with E-state index in [9.17, 15) is 4.79 Å². The first-order valence-corrected chi connectivity index (χ1v) is 10.7. The molecule has 4 rings (SSSR count). The summed E-state index contributed by atoms with van der Waals surface area (Å²) in [4.78, 5) is 17.0. The van der Waals surface area contributed by atoms with Crippen LogP contribution in [0.4, 0.5) is 0 Å². The van der Waals surface area contributed by atoms with Crippen LogP contribution in [0.5, 0.6) is 0 Å². The third-order valence-corrected chi connectivity index (χ3v) is 6.35. The van der Waals surface area contributed by atoms with Gasteiger partial charge >= 0.3 is 0 Å². The van der Waals surface area contributed by atoms with Crippen LogP contribution in [-0.2, 0) is 23.7 Å². The Morgan fingerprint density at radius 2 is 1.81 bits per heavy atom. The molecule has 7 nitrogen and oxygen atoms in total. The van der Waals surface area contributed by atoms with Crippen molar-refractivity contribution in [3.8, 4) is 0 Å². The zero-order chi connectivity index (χ0) is 18.5. The molecule has 0 N–H and O–H groups in total. The Hall–Kier alpha value is -0.730. The van der Waals surface area contributed by atoms with E-state index in [1.54, 1.807) is 0 Å². The third-order valence-electron chi connectivity index (χ3n) is 6.35. The van der Waals surface area contributed by atoms with Crippen LogP contribution in [0, 0.1) is 0 Å². The average molecular weight is 383 g/mol. The van der Waals surface area contributed by atoms with Gasteiger partial charge in [-0.3, -0.25) is 9.69 Å². The largest absolute Gasteiger partial charge is 0.379 e. The van der Waals surface area contributed by atoms with Crippen LogP contribution in [-0.4, -0.2) is 99.3 Å². The van der Waals surface area contributed by atoms with Gasteiger partial charge in [-0.2, -0.15) is 0 Å². The highest BCUT2D eigenvalue weighted by Crippen LogP contribution is 2.33. The number of ether oxygens (including phenoxy) is 4. The molecular formula is C20H34N2O5. The van der Waals surface area contributed by atoms with Gasteiger partial charge in [0, 0.05) is 26.2 Å². The van der Waals surface area contributed by atoms with Gasteiger partial charge in [0.05, 0.1) is 45.2 Å². The Labute approximate surface area is 162 Å². The molecule has 0 aromatic rings. The van der Waals surface area contributed by atoms with Crippen LogP contribution in [0.25, 0.3) is 0 Å². The molecule has 7 heteroatoms. The molecule has 1 aliphatic carbocycles. The summed E-state index contributed by atoms with van der Waals surface area (Å²) in [5.74, 6) is 0.0759. The van der Waals surface area contributed by atoms with E-state index in [1.165, 1.54) is 12.8 Å². The number of morpholine rings is 1. The fraction of sp³-hybridized carbons (Fsp3) is 0.950. The molecule has 0 radical (unpaired) electrons. The topological polar surface area (TPSA) is 60.5 Å². The fourth-order valence-electron chi connectivity index (χ4n) is 4.77. The van der Waals surface area contributed by atoms with E-state index in [1.807, 2.05) is 4.90 Å². The number of hydrogen-bond acceptors (Lipinski definition) is 6. The van der Waals surface area contributed by atoms with Crippen molar-refractivity contribution in [1.29, 1.82) is 0 Å². The van der Waals surface area contributed by atoms with E-state index >= 15 is 0 Å². The van der Waals surface area contributed by atoms with Crippen molar-refractivity contribution >= 4 is 5.91 Å². The second-order valence-electron chi connectivity index (χ2n) is 8.46. The lowest BCUT2D eigenvalue weighted by Crippen LogP contribution is -2.48. The Morgan fingerprint density at radius 1 is 1.04 bits per heavy atom. The Balaban J connectivity index is 1.28. The highest BCUT2D eigenvalue weighted by atomic mass is 16.6. The van der Waals surface area contributed by atoms with Gasteiger partial charge in [0.1, 0.15) is 12.2 Å². The Morgan fingerprint density at radius 3 is 2.63 bits per heavy atom. The van der Waals surface area contributed by atoms with E-state index in [4.69, 9.17) is 18.9 Å². The van der Waals surface area contributed by atoms with Crippen LogP contribution in [0.1, 0.15) is 38.5 Å². The average Bonchev–Trinajstić information content (AvgIpc) is 3.28. The number of hydrogen-bond donors (Lipinski definition) is 0. The Kier molecular flexibility index (Phi) is 6.66. The molecule has 0 bridgehead atoms. The lowest BCUT2D eigenvalue weighted by molar-refractivity contribution is -0.143. The monoisotopic (exact) mass is 382 g/mol. The van der Waals surface area contributed by atoms with Crippen molar-refractivity contribution in [3.63, 3.8) is 0 Å². The molecule has 4 fully saturated rings. The highest BCUT2D eigenvalue weighted by Gasteiger charge is 2.44. The van der Waals surface area contributed by atoms with Crippen molar-refractivity contribution < 1.29 is 23.7 Å². The number of rotatable bonds is 5. The molecule has 2 atom stereocenters. The maximum atomic E-state index is 12.7. The maximum absolute atomic E-state index is 12.7. The van der Waals surface area contributed by atoms with Gasteiger partial charge in [0.2, 0.25) is 5.91 Å². The minimum Gasteiger partial charge on any atom is -0.379 e. The third kappa shape index (κ3) is 5.21. The lowest BCUT2D eigenvalue weighted by Gasteiger charge is -2.33. The molecule has 4 aliphatic rings. The molecule has 1 saturated carbocycles. The molecular weight excluding hydrogens is 348 g/mol. The molecule has 154 valence electrons. The van der Waals surface area contributed by atoms with Gasteiger partial charge in [-0.1, -0.05) is 12.8 Å². The van der Waals surface area contributed by atoms with Crippen LogP contribution in [0.15, 0.2) is 0 Å². The summed E-state index contributed by atoms with van der Waals surface area (Å²) in [7, 11) is 0. The van der Waals surface area contributed by atoms with Crippen LogP contribution < -0.4 is 0 Å².